The second-order valence-corrected chi connectivity index (χ2v) is 12.0. The van der Waals surface area contributed by atoms with Gasteiger partial charge in [0.25, 0.3) is 11.8 Å². The molecule has 0 N–H and O–H groups in total. The van der Waals surface area contributed by atoms with Gasteiger partial charge in [-0.25, -0.2) is 43.9 Å². The predicted molar refractivity (Wildman–Crippen MR) is 102 cm³/mol. The molecule has 0 atom stereocenters. The second-order valence-electron chi connectivity index (χ2n) is 6.95. The second kappa shape index (κ2) is 9.85. The Balaban J connectivity index is 0.000000199. The Hall–Kier alpha value is -2.34. The van der Waals surface area contributed by atoms with Crippen LogP contribution in [0.1, 0.15) is 0 Å². The Morgan fingerprint density at radius 2 is 0.972 bits per heavy atom. The number of halogens is 7. The highest BCUT2D eigenvalue weighted by atomic mass is 32.2. The van der Waals surface area contributed by atoms with Crippen molar-refractivity contribution in [3.05, 3.63) is 37.4 Å². The van der Waals surface area contributed by atoms with E-state index >= 15 is 0 Å². The smallest absolute Gasteiger partial charge is 0.485 e. The van der Waals surface area contributed by atoms with E-state index in [0.717, 1.165) is 20.6 Å². The number of hydrogen-bond acceptors (Lipinski definition) is 9. The Kier molecular flexibility index (Phi) is 8.17. The molecule has 13 nitrogen and oxygen atoms in total. The van der Waals surface area contributed by atoms with Crippen LogP contribution >= 0.6 is 0 Å². The van der Waals surface area contributed by atoms with Gasteiger partial charge in [-0.05, 0) is 0 Å². The van der Waals surface area contributed by atoms with Crippen molar-refractivity contribution in [3.8, 4) is 0 Å². The van der Waals surface area contributed by atoms with E-state index in [-0.39, 0.29) is 0 Å². The summed E-state index contributed by atoms with van der Waals surface area (Å²) >= 11 is 0. The summed E-state index contributed by atoms with van der Waals surface area (Å²) in [7, 11) is -13.7. The molecule has 4 heterocycles. The van der Waals surface area contributed by atoms with Crippen LogP contribution in [-0.4, -0.2) is 99.9 Å². The van der Waals surface area contributed by atoms with E-state index in [1.165, 1.54) is 24.8 Å². The summed E-state index contributed by atoms with van der Waals surface area (Å²) in [6.45, 7) is -3.03. The Morgan fingerprint density at radius 1 is 0.694 bits per heavy atom. The van der Waals surface area contributed by atoms with E-state index in [9.17, 15) is 47.6 Å². The van der Waals surface area contributed by atoms with Gasteiger partial charge in [-0.1, -0.05) is 0 Å². The summed E-state index contributed by atoms with van der Waals surface area (Å²) < 4.78 is 158. The van der Waals surface area contributed by atoms with E-state index in [1.807, 2.05) is 0 Å². The van der Waals surface area contributed by atoms with Crippen LogP contribution in [0.3, 0.4) is 0 Å². The molecule has 2 aliphatic rings. The van der Waals surface area contributed by atoms with Gasteiger partial charge >= 0.3 is 25.9 Å². The largest absolute Gasteiger partial charge is 0.741 e. The number of hydrogen-bond donors (Lipinski definition) is 0. The average molecular weight is 595 g/mol. The minimum absolute atomic E-state index is 0.703. The predicted octanol–water partition coefficient (Wildman–Crippen LogP) is -0.0948. The van der Waals surface area contributed by atoms with Crippen molar-refractivity contribution in [1.82, 2.24) is 26.5 Å². The molecule has 0 spiro atoms. The molecule has 2 aromatic rings. The topological polar surface area (TPSA) is 168 Å². The molecule has 2 fully saturated rings. The fraction of sp³-hybridized carbons (Fsp3) is 0.538. The average Bonchev–Trinajstić information content (AvgIpc) is 3.37. The van der Waals surface area contributed by atoms with Crippen molar-refractivity contribution < 1.29 is 60.5 Å². The molecule has 206 valence electrons. The first-order valence-electron chi connectivity index (χ1n) is 8.84. The van der Waals surface area contributed by atoms with Crippen molar-refractivity contribution in [3.63, 3.8) is 0 Å². The summed E-state index contributed by atoms with van der Waals surface area (Å²) in [5.74, 6) is -5.79. The van der Waals surface area contributed by atoms with Gasteiger partial charge in [-0.2, -0.15) is 38.6 Å². The first kappa shape index (κ1) is 29.9. The highest BCUT2D eigenvalue weighted by Gasteiger charge is 2.50. The Labute approximate surface area is 198 Å². The Bertz CT molecular complexity index is 1250. The van der Waals surface area contributed by atoms with Crippen LogP contribution in [0.15, 0.2) is 37.4 Å². The van der Waals surface area contributed by atoms with Crippen molar-refractivity contribution in [2.75, 3.05) is 26.2 Å². The highest BCUT2D eigenvalue weighted by molar-refractivity contribution is 7.88. The molecule has 0 bridgehead atoms. The maximum absolute atomic E-state index is 12.4. The number of nitrogens with zero attached hydrogens (tertiary/aromatic N) is 6. The molecule has 2 aromatic heterocycles. The lowest BCUT2D eigenvalue weighted by Gasteiger charge is -2.37. The van der Waals surface area contributed by atoms with Gasteiger partial charge in [0.15, 0.2) is 10.1 Å². The van der Waals surface area contributed by atoms with Crippen LogP contribution in [0.2, 0.25) is 0 Å². The van der Waals surface area contributed by atoms with E-state index in [0.29, 0.717) is 8.61 Å². The fourth-order valence-electron chi connectivity index (χ4n) is 2.30. The minimum atomic E-state index is -6.09. The first-order chi connectivity index (χ1) is 16.1. The molecule has 36 heavy (non-hydrogen) atoms. The molecule has 2 saturated heterocycles. The molecule has 0 saturated carbocycles. The van der Waals surface area contributed by atoms with Crippen LogP contribution < -0.4 is 0 Å². The fourth-order valence-corrected chi connectivity index (χ4v) is 5.00. The molecule has 0 amide bonds. The number of alkyl halides is 7. The van der Waals surface area contributed by atoms with Gasteiger partial charge in [0.2, 0.25) is 0 Å². The van der Waals surface area contributed by atoms with Gasteiger partial charge in [0, 0.05) is 24.8 Å². The minimum Gasteiger partial charge on any atom is -0.741 e. The normalized spacial score (nSPS) is 20.1. The van der Waals surface area contributed by atoms with Crippen molar-refractivity contribution >= 4 is 30.5 Å². The van der Waals surface area contributed by atoms with Gasteiger partial charge in [-0.15, -0.1) is 0 Å². The van der Waals surface area contributed by atoms with Crippen molar-refractivity contribution in [2.24, 2.45) is 0 Å². The molecule has 23 heteroatoms. The van der Waals surface area contributed by atoms with Crippen LogP contribution in [0, 0.1) is 0 Å². The number of imidazole rings is 2. The molecule has 4 rings (SSSR count). The standard InChI is InChI=1S/2C6H7F2N3O2S.CHF3O3S/c2*7-6(8)3-11(4-6)14(12,13)10-2-1-9-5-10;2-1(3,4)8(5,6)7/h2*1-2,5H,3-4H2;(H,5,6,7)/p-1. The number of aromatic nitrogens is 4. The van der Waals surface area contributed by atoms with Crippen molar-refractivity contribution in [1.29, 1.82) is 0 Å². The molecule has 0 aromatic carbocycles. The molecule has 2 aliphatic heterocycles. The number of rotatable bonds is 4. The van der Waals surface area contributed by atoms with Crippen LogP contribution in [0.5, 0.6) is 0 Å². The summed E-state index contributed by atoms with van der Waals surface area (Å²) in [6, 6.07) is 0. The zero-order chi connectivity index (χ0) is 27.8. The molecule has 0 aliphatic carbocycles. The maximum Gasteiger partial charge on any atom is 0.485 e. The van der Waals surface area contributed by atoms with Crippen LogP contribution in [0.4, 0.5) is 30.7 Å². The van der Waals surface area contributed by atoms with E-state index < -0.39 is 74.1 Å². The lowest BCUT2D eigenvalue weighted by Crippen LogP contribution is -2.59. The Morgan fingerprint density at radius 3 is 1.14 bits per heavy atom. The molecular formula is C13H14F7N6O7S3-. The monoisotopic (exact) mass is 595 g/mol. The van der Waals surface area contributed by atoms with Gasteiger partial charge < -0.3 is 4.55 Å². The zero-order valence-corrected chi connectivity index (χ0v) is 19.7. The van der Waals surface area contributed by atoms with Gasteiger partial charge in [-0.3, -0.25) is 0 Å². The van der Waals surface area contributed by atoms with E-state index in [4.69, 9.17) is 13.0 Å². The third-order valence-corrected chi connectivity index (χ3v) is 7.95. The van der Waals surface area contributed by atoms with Crippen molar-refractivity contribution in [2.45, 2.75) is 17.4 Å². The quantitative estimate of drug-likeness (QED) is 0.266. The summed E-state index contributed by atoms with van der Waals surface area (Å²) in [5, 5.41) is 0. The molecule has 0 unspecified atom stereocenters. The molecule has 0 radical (unpaired) electrons. The van der Waals surface area contributed by atoms with Crippen LogP contribution in [0.25, 0.3) is 0 Å². The summed E-state index contributed by atoms with van der Waals surface area (Å²) in [6.07, 6.45) is 7.07. The lowest BCUT2D eigenvalue weighted by molar-refractivity contribution is -0.0952. The maximum atomic E-state index is 12.4. The van der Waals surface area contributed by atoms with E-state index in [2.05, 4.69) is 9.97 Å². The molecular weight excluding hydrogens is 581 g/mol. The summed E-state index contributed by atoms with van der Waals surface area (Å²) in [4.78, 5) is 7.07. The highest BCUT2D eigenvalue weighted by Crippen LogP contribution is 2.30. The van der Waals surface area contributed by atoms with E-state index in [1.54, 1.807) is 0 Å². The summed E-state index contributed by atoms with van der Waals surface area (Å²) in [5.41, 5.74) is -5.65. The third kappa shape index (κ3) is 7.12. The third-order valence-electron chi connectivity index (χ3n) is 4.06. The van der Waals surface area contributed by atoms with Gasteiger partial charge in [0.05, 0.1) is 26.2 Å². The SMILES string of the molecule is O=S(=O)(N1CC(F)(F)C1)n1ccnc1.O=S(=O)(N1CC(F)(F)C1)n1ccnc1.O=S(=O)([O-])C(F)(F)F. The zero-order valence-electron chi connectivity index (χ0n) is 17.2. The van der Waals surface area contributed by atoms with Crippen LogP contribution in [-0.2, 0) is 30.5 Å². The lowest BCUT2D eigenvalue weighted by atomic mass is 10.2. The first-order valence-corrected chi connectivity index (χ1v) is 13.0. The van der Waals surface area contributed by atoms with Gasteiger partial charge in [0.1, 0.15) is 12.7 Å².